The van der Waals surface area contributed by atoms with E-state index < -0.39 is 57.5 Å². The fraction of sp³-hybridized carbons (Fsp3) is 0.149. The van der Waals surface area contributed by atoms with Crippen molar-refractivity contribution in [1.29, 1.82) is 0 Å². The molecule has 0 saturated carbocycles. The highest BCUT2D eigenvalue weighted by molar-refractivity contribution is 9.11. The molecule has 0 radical (unpaired) electrons. The third-order valence-corrected chi connectivity index (χ3v) is 21.8. The molecule has 22 nitrogen and oxygen atoms in total. The fourth-order valence-electron chi connectivity index (χ4n) is 13.7. The van der Waals surface area contributed by atoms with Gasteiger partial charge in [0.15, 0.2) is 68.4 Å². The average Bonchev–Trinajstić information content (AvgIpc) is 1.64. The van der Waals surface area contributed by atoms with Gasteiger partial charge < -0.3 is 61.6 Å². The summed E-state index contributed by atoms with van der Waals surface area (Å²) in [7, 11) is 0. The molecule has 17 rings (SSSR count). The molecule has 6 aliphatic rings. The number of hydrogen-bond donors (Lipinski definition) is 10. The zero-order valence-corrected chi connectivity index (χ0v) is 66.3. The van der Waals surface area contributed by atoms with Crippen molar-refractivity contribution in [3.63, 3.8) is 0 Å². The first-order valence-corrected chi connectivity index (χ1v) is 38.2. The van der Waals surface area contributed by atoms with Gasteiger partial charge in [-0.05, 0) is 134 Å². The van der Waals surface area contributed by atoms with Crippen LogP contribution in [0, 0.1) is 13.8 Å². The molecule has 113 heavy (non-hydrogen) atoms. The summed E-state index contributed by atoms with van der Waals surface area (Å²) in [6, 6.07) is 68.1. The molecule has 6 aliphatic heterocycles. The maximum Gasteiger partial charge on any atom is 0.261 e. The predicted molar refractivity (Wildman–Crippen MR) is 436 cm³/mol. The molecule has 5 atom stereocenters. The summed E-state index contributed by atoms with van der Waals surface area (Å²) in [6.07, 6.45) is -1.50. The first kappa shape index (κ1) is 79.8. The van der Waals surface area contributed by atoms with Gasteiger partial charge in [-0.15, -0.1) is 0 Å². The Labute approximate surface area is 679 Å². The zero-order valence-electron chi connectivity index (χ0n) is 59.9. The Bertz CT molecular complexity index is 5770. The number of carbonyl (C=O) groups is 10. The smallest absolute Gasteiger partial charge is 0.261 e. The molecule has 0 saturated heterocycles. The molecular formula is C87H67Br4N5O17. The quantitative estimate of drug-likeness (QED) is 0.0426. The highest BCUT2D eigenvalue weighted by Gasteiger charge is 2.51. The van der Waals surface area contributed by atoms with Crippen molar-refractivity contribution in [2.75, 3.05) is 33.4 Å². The van der Waals surface area contributed by atoms with Crippen molar-refractivity contribution in [2.24, 2.45) is 0 Å². The maximum atomic E-state index is 12.7. The van der Waals surface area contributed by atoms with Crippen LogP contribution in [0.4, 0.5) is 28.4 Å². The lowest BCUT2D eigenvalue weighted by Crippen LogP contribution is -2.36. The van der Waals surface area contributed by atoms with Gasteiger partial charge in [0, 0.05) is 102 Å². The van der Waals surface area contributed by atoms with Crippen molar-refractivity contribution in [3.8, 4) is 11.5 Å². The van der Waals surface area contributed by atoms with Gasteiger partial charge in [0.2, 0.25) is 6.79 Å². The summed E-state index contributed by atoms with van der Waals surface area (Å²) in [6.45, 7) is 3.93. The van der Waals surface area contributed by atoms with E-state index in [-0.39, 0.29) is 67.8 Å². The summed E-state index contributed by atoms with van der Waals surface area (Å²) in [4.78, 5) is 123. The normalized spacial score (nSPS) is 19.8. The van der Waals surface area contributed by atoms with Crippen LogP contribution in [0.25, 0.3) is 10.8 Å². The van der Waals surface area contributed by atoms with Gasteiger partial charge in [0.25, 0.3) is 29.5 Å². The lowest BCUT2D eigenvalue weighted by molar-refractivity contribution is -0.133. The number of ether oxygens (including phenoxy) is 2. The second kappa shape index (κ2) is 32.4. The number of carbonyl (C=O) groups excluding carboxylic acids is 10. The van der Waals surface area contributed by atoms with E-state index in [2.05, 4.69) is 90.3 Å². The van der Waals surface area contributed by atoms with Crippen LogP contribution in [0.15, 0.2) is 254 Å². The number of para-hydroxylation sites is 1. The van der Waals surface area contributed by atoms with Gasteiger partial charge in [0.05, 0.1) is 32.1 Å². The number of aliphatic hydroxyl groups is 5. The summed E-state index contributed by atoms with van der Waals surface area (Å²) < 4.78 is 13.4. The highest BCUT2D eigenvalue weighted by atomic mass is 79.9. The fourth-order valence-corrected chi connectivity index (χ4v) is 15.2. The van der Waals surface area contributed by atoms with Gasteiger partial charge in [-0.25, -0.2) is 0 Å². The minimum Gasteiger partial charge on any atom is -0.454 e. The molecule has 0 spiro atoms. The standard InChI is InChI=1S/C20H14BrNO3.C17H12BrNO5.2C17H14BrNO3.C16H13NO3/c21-15-7-8-17-16(10-15)20(25,19(24)22-17)11-18(23)14-6-5-12-3-1-2-4-13(12)9-14;18-10-2-3-12-11(6-10)17(22,16(21)19-12)7-13(20)9-1-4-14-15(5-9)24-8-23-14;1-10-2-4-11(5-3-10)15(20)9-17(22)13-8-12(18)6-7-14(13)19-16(17)21;1-10-3-2-4-11(7-10)15(20)9-17(22)13-8-12(18)5-6-14(13)19-16(17)21;18-14(11-6-2-1-3-7-11)10-16(20)12-8-4-5-9-13(12)17-15(16)19/h1-10,25H,11H2,(H,22,24);1-6,22H,7-8H2,(H,19,21);2*2-8,22H,9H2,1H3,(H,19,21);1-9,20H,10H2,(H,17,19). The second-order valence-electron chi connectivity index (χ2n) is 27.6. The van der Waals surface area contributed by atoms with E-state index in [9.17, 15) is 73.5 Å². The summed E-state index contributed by atoms with van der Waals surface area (Å²) in [5.74, 6) is -3.27. The first-order chi connectivity index (χ1) is 53.8. The van der Waals surface area contributed by atoms with Crippen LogP contribution < -0.4 is 36.1 Å². The molecule has 5 amide bonds. The van der Waals surface area contributed by atoms with Crippen molar-refractivity contribution in [1.82, 2.24) is 0 Å². The molecule has 0 bridgehead atoms. The number of rotatable bonds is 15. The van der Waals surface area contributed by atoms with Gasteiger partial charge in [0.1, 0.15) is 0 Å². The van der Waals surface area contributed by atoms with Crippen LogP contribution in [-0.2, 0) is 52.0 Å². The minimum atomic E-state index is -1.90. The van der Waals surface area contributed by atoms with Crippen LogP contribution in [0.5, 0.6) is 11.5 Å². The van der Waals surface area contributed by atoms with Gasteiger partial charge in [-0.2, -0.15) is 0 Å². The number of amides is 5. The van der Waals surface area contributed by atoms with Crippen molar-refractivity contribution < 1.29 is 83.0 Å². The Morgan fingerprint density at radius 1 is 0.301 bits per heavy atom. The van der Waals surface area contributed by atoms with E-state index in [0.29, 0.717) is 100 Å². The first-order valence-electron chi connectivity index (χ1n) is 35.1. The van der Waals surface area contributed by atoms with Crippen LogP contribution in [0.1, 0.15) is 123 Å². The van der Waals surface area contributed by atoms with E-state index >= 15 is 0 Å². The Balaban J connectivity index is 0.000000124. The number of fused-ring (bicyclic) bond motifs is 7. The topological polar surface area (TPSA) is 350 Å². The number of halogens is 4. The second-order valence-corrected chi connectivity index (χ2v) is 31.3. The van der Waals surface area contributed by atoms with E-state index in [1.54, 1.807) is 182 Å². The summed E-state index contributed by atoms with van der Waals surface area (Å²) in [5.41, 5.74) is -0.164. The molecule has 11 aromatic carbocycles. The molecule has 11 aromatic rings. The van der Waals surface area contributed by atoms with Crippen molar-refractivity contribution >= 4 is 161 Å². The van der Waals surface area contributed by atoms with Crippen molar-refractivity contribution in [3.05, 3.63) is 321 Å². The summed E-state index contributed by atoms with van der Waals surface area (Å²) in [5, 5.41) is 69.0. The number of anilines is 5. The molecule has 0 aliphatic carbocycles. The van der Waals surface area contributed by atoms with E-state index in [0.717, 1.165) is 35.3 Å². The molecule has 570 valence electrons. The predicted octanol–water partition coefficient (Wildman–Crippen LogP) is 15.0. The van der Waals surface area contributed by atoms with Crippen LogP contribution in [0.3, 0.4) is 0 Å². The number of nitrogens with one attached hydrogen (secondary N) is 5. The van der Waals surface area contributed by atoms with Crippen LogP contribution in [0.2, 0.25) is 0 Å². The lowest BCUT2D eigenvalue weighted by atomic mass is 9.88. The molecule has 5 unspecified atom stereocenters. The van der Waals surface area contributed by atoms with E-state index in [1.165, 1.54) is 0 Å². The number of Topliss-reactive ketones (excluding diaryl/α,β-unsaturated/α-hetero) is 5. The zero-order chi connectivity index (χ0) is 80.5. The molecule has 6 heterocycles. The van der Waals surface area contributed by atoms with Crippen LogP contribution in [-0.4, -0.2) is 90.8 Å². The summed E-state index contributed by atoms with van der Waals surface area (Å²) >= 11 is 13.3. The molecule has 0 aromatic heterocycles. The Kier molecular flexibility index (Phi) is 22.9. The Morgan fingerprint density at radius 2 is 0.628 bits per heavy atom. The average molecular weight is 1770 g/mol. The van der Waals surface area contributed by atoms with Gasteiger partial charge in [-0.1, -0.05) is 202 Å². The highest BCUT2D eigenvalue weighted by Crippen LogP contribution is 2.46. The van der Waals surface area contributed by atoms with E-state index in [1.807, 2.05) is 68.4 Å². The third kappa shape index (κ3) is 16.5. The molecule has 10 N–H and O–H groups in total. The number of aryl methyl sites for hydroxylation is 2. The van der Waals surface area contributed by atoms with Crippen molar-refractivity contribution in [2.45, 2.75) is 74.0 Å². The third-order valence-electron chi connectivity index (χ3n) is 19.9. The Morgan fingerprint density at radius 3 is 1.07 bits per heavy atom. The molecular weight excluding hydrogens is 1710 g/mol. The Hall–Kier alpha value is -11.3. The molecule has 26 heteroatoms. The van der Waals surface area contributed by atoms with E-state index in [4.69, 9.17) is 9.47 Å². The van der Waals surface area contributed by atoms with Gasteiger partial charge in [-0.3, -0.25) is 47.9 Å². The molecule has 0 fully saturated rings. The number of ketones is 5. The number of hydrogen-bond acceptors (Lipinski definition) is 17. The maximum absolute atomic E-state index is 12.7. The van der Waals surface area contributed by atoms with Crippen LogP contribution >= 0.6 is 63.7 Å². The SMILES string of the molecule is Cc1ccc(C(=O)CC2(O)C(=O)Nc3ccc(Br)cc32)cc1.Cc1cccc(C(=O)CC2(O)C(=O)Nc3ccc(Br)cc32)c1.O=C(CC1(O)C(=O)Nc2ccc(Br)cc21)c1ccc2c(c1)OCO2.O=C(CC1(O)C(=O)Nc2ccc(Br)cc21)c1ccc2ccccc2c1.O=C(CC1(O)C(=O)Nc2ccccc21)c1ccccc1. The lowest BCUT2D eigenvalue weighted by Gasteiger charge is -2.20. The minimum absolute atomic E-state index is 0.112. The van der Waals surface area contributed by atoms with Gasteiger partial charge >= 0.3 is 0 Å². The largest absolute Gasteiger partial charge is 0.454 e. The monoisotopic (exact) mass is 1770 g/mol. The number of benzene rings is 11.